The van der Waals surface area contributed by atoms with Crippen LogP contribution < -0.4 is 14.4 Å². The van der Waals surface area contributed by atoms with Gasteiger partial charge in [0.05, 0.1) is 36.9 Å². The van der Waals surface area contributed by atoms with Crippen molar-refractivity contribution in [3.63, 3.8) is 0 Å². The Morgan fingerprint density at radius 3 is 1.84 bits per heavy atom. The summed E-state index contributed by atoms with van der Waals surface area (Å²) in [6.45, 7) is 4.48. The first-order valence-electron chi connectivity index (χ1n) is 12.0. The van der Waals surface area contributed by atoms with Gasteiger partial charge < -0.3 is 14.4 Å². The second kappa shape index (κ2) is 8.46. The van der Waals surface area contributed by atoms with Crippen LogP contribution in [0.1, 0.15) is 51.3 Å². The molecule has 3 aromatic carbocycles. The van der Waals surface area contributed by atoms with Crippen molar-refractivity contribution >= 4 is 46.0 Å². The standard InChI is InChI=1S/C31H25NO4S/c1-31(2)22-9-5-7-11-24(22)32(25-12-8-6-10-23(25)31)26-15-27(35-3)18(14-28(26)36-4)13-19-29(33)20-16-37-17-21(20)30(19)34/h5-17H,1-4H3. The maximum Gasteiger partial charge on any atom is 0.198 e. The number of Topliss-reactive ketones (excluding diaryl/α,β-unsaturated/α-hetero) is 2. The van der Waals surface area contributed by atoms with Crippen molar-refractivity contribution in [1.82, 2.24) is 0 Å². The Bertz CT molecular complexity index is 1550. The van der Waals surface area contributed by atoms with Crippen LogP contribution in [0.15, 0.2) is 77.0 Å². The van der Waals surface area contributed by atoms with Gasteiger partial charge in [-0.1, -0.05) is 50.2 Å². The third kappa shape index (κ3) is 3.36. The van der Waals surface area contributed by atoms with Gasteiger partial charge in [-0.15, -0.1) is 0 Å². The molecule has 6 heteroatoms. The summed E-state index contributed by atoms with van der Waals surface area (Å²) < 4.78 is 11.7. The highest BCUT2D eigenvalue weighted by atomic mass is 32.1. The minimum absolute atomic E-state index is 0.140. The zero-order valence-electron chi connectivity index (χ0n) is 21.0. The molecule has 37 heavy (non-hydrogen) atoms. The highest BCUT2D eigenvalue weighted by Crippen LogP contribution is 2.54. The van der Waals surface area contributed by atoms with Crippen LogP contribution >= 0.6 is 11.3 Å². The van der Waals surface area contributed by atoms with Gasteiger partial charge >= 0.3 is 0 Å². The number of para-hydroxylation sites is 2. The zero-order chi connectivity index (χ0) is 25.9. The Balaban J connectivity index is 1.55. The lowest BCUT2D eigenvalue weighted by Gasteiger charge is -2.42. The van der Waals surface area contributed by atoms with Crippen LogP contribution in [0.2, 0.25) is 0 Å². The van der Waals surface area contributed by atoms with Crippen LogP contribution in [0, 0.1) is 0 Å². The van der Waals surface area contributed by atoms with E-state index >= 15 is 0 Å². The molecule has 0 fully saturated rings. The van der Waals surface area contributed by atoms with Crippen LogP contribution in [0.3, 0.4) is 0 Å². The van der Waals surface area contributed by atoms with Gasteiger partial charge in [0.2, 0.25) is 0 Å². The van der Waals surface area contributed by atoms with Gasteiger partial charge in [-0.05, 0) is 35.4 Å². The number of hydrogen-bond acceptors (Lipinski definition) is 6. The van der Waals surface area contributed by atoms with Crippen LogP contribution in [0.5, 0.6) is 11.5 Å². The number of ketones is 2. The molecule has 0 spiro atoms. The van der Waals surface area contributed by atoms with Gasteiger partial charge in [-0.25, -0.2) is 0 Å². The van der Waals surface area contributed by atoms with E-state index in [1.165, 1.54) is 22.5 Å². The summed E-state index contributed by atoms with van der Waals surface area (Å²) in [4.78, 5) is 28.0. The van der Waals surface area contributed by atoms with E-state index in [-0.39, 0.29) is 22.6 Å². The topological polar surface area (TPSA) is 55.8 Å². The fraction of sp³-hybridized carbons (Fsp3) is 0.161. The average Bonchev–Trinajstić information content (AvgIpc) is 3.49. The van der Waals surface area contributed by atoms with Crippen LogP contribution in [-0.2, 0) is 5.41 Å². The first kappa shape index (κ1) is 23.3. The van der Waals surface area contributed by atoms with Crippen molar-refractivity contribution in [2.45, 2.75) is 19.3 Å². The number of thiophene rings is 1. The molecule has 0 unspecified atom stereocenters. The summed E-state index contributed by atoms with van der Waals surface area (Å²) >= 11 is 1.36. The number of anilines is 3. The summed E-state index contributed by atoms with van der Waals surface area (Å²) in [5, 5.41) is 3.45. The minimum atomic E-state index is -0.257. The SMILES string of the molecule is COc1cc(N2c3ccccc3C(C)(C)c3ccccc32)c(OC)cc1C=C1C(=O)c2cscc2C1=O. The number of carbonyl (C=O) groups is 2. The fourth-order valence-corrected chi connectivity index (χ4v) is 6.26. The molecule has 0 bridgehead atoms. The largest absolute Gasteiger partial charge is 0.496 e. The Morgan fingerprint density at radius 1 is 0.757 bits per heavy atom. The first-order valence-corrected chi connectivity index (χ1v) is 12.9. The predicted octanol–water partition coefficient (Wildman–Crippen LogP) is 7.34. The molecule has 1 aliphatic heterocycles. The molecule has 0 N–H and O–H groups in total. The summed E-state index contributed by atoms with van der Waals surface area (Å²) in [7, 11) is 3.21. The molecule has 1 aromatic heterocycles. The van der Waals surface area contributed by atoms with Gasteiger partial charge in [0.1, 0.15) is 11.5 Å². The second-order valence-electron chi connectivity index (χ2n) is 9.68. The maximum absolute atomic E-state index is 12.9. The molecular weight excluding hydrogens is 482 g/mol. The van der Waals surface area contributed by atoms with E-state index in [9.17, 15) is 9.59 Å². The molecular formula is C31H25NO4S. The molecule has 2 aliphatic rings. The fourth-order valence-electron chi connectivity index (χ4n) is 5.45. The van der Waals surface area contributed by atoms with Crippen molar-refractivity contribution in [3.05, 3.63) is 105 Å². The number of allylic oxidation sites excluding steroid dienone is 1. The van der Waals surface area contributed by atoms with Crippen molar-refractivity contribution in [2.24, 2.45) is 0 Å². The summed E-state index contributed by atoms with van der Waals surface area (Å²) in [5.74, 6) is 0.627. The highest BCUT2D eigenvalue weighted by molar-refractivity contribution is 7.08. The molecule has 0 radical (unpaired) electrons. The van der Waals surface area contributed by atoms with E-state index in [1.54, 1.807) is 31.1 Å². The van der Waals surface area contributed by atoms with E-state index in [1.807, 2.05) is 24.3 Å². The number of fused-ring (bicyclic) bond motifs is 3. The van der Waals surface area contributed by atoms with E-state index in [0.29, 0.717) is 28.2 Å². The third-order valence-electron chi connectivity index (χ3n) is 7.35. The van der Waals surface area contributed by atoms with E-state index in [4.69, 9.17) is 9.47 Å². The number of rotatable bonds is 4. The lowest BCUT2D eigenvalue weighted by Crippen LogP contribution is -2.30. The van der Waals surface area contributed by atoms with E-state index < -0.39 is 0 Å². The van der Waals surface area contributed by atoms with Crippen molar-refractivity contribution in [1.29, 1.82) is 0 Å². The molecule has 0 saturated heterocycles. The number of nitrogens with zero attached hydrogens (tertiary/aromatic N) is 1. The first-order chi connectivity index (χ1) is 17.9. The molecule has 6 rings (SSSR count). The monoisotopic (exact) mass is 507 g/mol. The quantitative estimate of drug-likeness (QED) is 0.214. The molecule has 0 amide bonds. The molecule has 184 valence electrons. The van der Waals surface area contributed by atoms with Gasteiger partial charge in [-0.2, -0.15) is 11.3 Å². The van der Waals surface area contributed by atoms with Gasteiger partial charge in [0.15, 0.2) is 11.6 Å². The Labute approximate surface area is 219 Å². The Hall–Kier alpha value is -4.16. The van der Waals surface area contributed by atoms with E-state index in [2.05, 4.69) is 55.1 Å². The normalized spacial score (nSPS) is 15.2. The number of benzene rings is 3. The summed E-state index contributed by atoms with van der Waals surface area (Å²) in [6, 6.07) is 20.5. The third-order valence-corrected chi connectivity index (χ3v) is 8.09. The molecule has 2 heterocycles. The lowest BCUT2D eigenvalue weighted by molar-refractivity contribution is 0.0990. The van der Waals surface area contributed by atoms with Crippen LogP contribution in [0.25, 0.3) is 6.08 Å². The number of methoxy groups -OCH3 is 2. The van der Waals surface area contributed by atoms with Crippen molar-refractivity contribution in [2.75, 3.05) is 19.1 Å². The van der Waals surface area contributed by atoms with Gasteiger partial charge in [0.25, 0.3) is 0 Å². The summed E-state index contributed by atoms with van der Waals surface area (Å²) in [6.07, 6.45) is 1.61. The van der Waals surface area contributed by atoms with Gasteiger partial charge in [-0.3, -0.25) is 9.59 Å². The number of carbonyl (C=O) groups excluding carboxylic acids is 2. The van der Waals surface area contributed by atoms with Crippen LogP contribution in [-0.4, -0.2) is 25.8 Å². The summed E-state index contributed by atoms with van der Waals surface area (Å²) in [5.41, 5.74) is 6.82. The highest BCUT2D eigenvalue weighted by Gasteiger charge is 2.38. The van der Waals surface area contributed by atoms with Crippen molar-refractivity contribution in [3.8, 4) is 11.5 Å². The molecule has 4 aromatic rings. The zero-order valence-corrected chi connectivity index (χ0v) is 21.8. The average molecular weight is 508 g/mol. The molecule has 0 saturated carbocycles. The maximum atomic E-state index is 12.9. The van der Waals surface area contributed by atoms with Gasteiger partial charge in [0, 0.05) is 38.9 Å². The number of hydrogen-bond donors (Lipinski definition) is 0. The van der Waals surface area contributed by atoms with E-state index in [0.717, 1.165) is 17.1 Å². The second-order valence-corrected chi connectivity index (χ2v) is 10.4. The molecule has 1 aliphatic carbocycles. The van der Waals surface area contributed by atoms with Crippen molar-refractivity contribution < 1.29 is 19.1 Å². The Kier molecular flexibility index (Phi) is 5.31. The minimum Gasteiger partial charge on any atom is -0.496 e. The van der Waals surface area contributed by atoms with Crippen LogP contribution in [0.4, 0.5) is 17.1 Å². The molecule has 0 atom stereocenters. The number of ether oxygens (including phenoxy) is 2. The Morgan fingerprint density at radius 2 is 1.30 bits per heavy atom. The predicted molar refractivity (Wildman–Crippen MR) is 147 cm³/mol. The molecule has 5 nitrogen and oxygen atoms in total. The smallest absolute Gasteiger partial charge is 0.198 e. The lowest BCUT2D eigenvalue weighted by atomic mass is 9.73.